The Morgan fingerprint density at radius 2 is 2.38 bits per heavy atom. The van der Waals surface area contributed by atoms with Gasteiger partial charge >= 0.3 is 0 Å². The number of nitrogens with two attached hydrogens (primary N) is 1. The smallest absolute Gasteiger partial charge is 0.0819 e. The van der Waals surface area contributed by atoms with Gasteiger partial charge in [0.2, 0.25) is 0 Å². The summed E-state index contributed by atoms with van der Waals surface area (Å²) in [5.74, 6) is 0. The number of likely N-dealkylation sites (N-methyl/N-ethyl adjacent to an activating group) is 1. The summed E-state index contributed by atoms with van der Waals surface area (Å²) >= 11 is 3.50. The van der Waals surface area contributed by atoms with Crippen molar-refractivity contribution in [3.05, 3.63) is 34.3 Å². The average Bonchev–Trinajstić information content (AvgIpc) is 2.30. The first kappa shape index (κ1) is 12.0. The van der Waals surface area contributed by atoms with Gasteiger partial charge in [-0.25, -0.2) is 0 Å². The van der Waals surface area contributed by atoms with Crippen molar-refractivity contribution >= 4 is 15.9 Å². The molecule has 1 unspecified atom stereocenters. The highest BCUT2D eigenvalue weighted by molar-refractivity contribution is 9.10. The lowest BCUT2D eigenvalue weighted by Crippen LogP contribution is -2.56. The molecule has 1 heterocycles. The minimum absolute atomic E-state index is 0.179. The van der Waals surface area contributed by atoms with Crippen LogP contribution in [0.1, 0.15) is 5.56 Å². The van der Waals surface area contributed by atoms with Gasteiger partial charge in [-0.1, -0.05) is 28.1 Å². The van der Waals surface area contributed by atoms with Crippen LogP contribution in [-0.4, -0.2) is 38.3 Å². The number of nitrogens with zero attached hydrogens (tertiary/aromatic N) is 1. The topological polar surface area (TPSA) is 38.5 Å². The molecule has 2 rings (SSSR count). The quantitative estimate of drug-likeness (QED) is 0.896. The second kappa shape index (κ2) is 4.84. The van der Waals surface area contributed by atoms with Gasteiger partial charge in [0, 0.05) is 17.6 Å². The Kier molecular flexibility index (Phi) is 3.64. The standard InChI is InChI=1S/C12H17BrN2O/c1-15-5-6-16-9-12(15,8-14)10-3-2-4-11(13)7-10/h2-4,7H,5-6,8-9,14H2,1H3. The van der Waals surface area contributed by atoms with Gasteiger partial charge in [-0.2, -0.15) is 0 Å². The maximum atomic E-state index is 5.97. The molecule has 1 aliphatic rings. The van der Waals surface area contributed by atoms with Crippen LogP contribution in [0.5, 0.6) is 0 Å². The highest BCUT2D eigenvalue weighted by atomic mass is 79.9. The second-order valence-electron chi connectivity index (χ2n) is 4.22. The van der Waals surface area contributed by atoms with Gasteiger partial charge in [0.05, 0.1) is 18.8 Å². The van der Waals surface area contributed by atoms with Gasteiger partial charge in [0.1, 0.15) is 0 Å². The fourth-order valence-electron chi connectivity index (χ4n) is 2.18. The molecule has 0 bridgehead atoms. The largest absolute Gasteiger partial charge is 0.378 e. The third-order valence-electron chi connectivity index (χ3n) is 3.34. The molecule has 1 atom stereocenters. The average molecular weight is 285 g/mol. The molecule has 0 saturated carbocycles. The van der Waals surface area contributed by atoms with E-state index in [1.54, 1.807) is 0 Å². The fraction of sp³-hybridized carbons (Fsp3) is 0.500. The molecule has 3 nitrogen and oxygen atoms in total. The molecule has 88 valence electrons. The van der Waals surface area contributed by atoms with Crippen LogP contribution in [0.3, 0.4) is 0 Å². The van der Waals surface area contributed by atoms with Crippen LogP contribution >= 0.6 is 15.9 Å². The molecule has 0 spiro atoms. The molecular formula is C12H17BrN2O. The van der Waals surface area contributed by atoms with Gasteiger partial charge < -0.3 is 10.5 Å². The molecule has 0 amide bonds. The van der Waals surface area contributed by atoms with Crippen molar-refractivity contribution in [1.82, 2.24) is 4.90 Å². The van der Waals surface area contributed by atoms with Gasteiger partial charge in [0.15, 0.2) is 0 Å². The van der Waals surface area contributed by atoms with Crippen molar-refractivity contribution in [2.75, 3.05) is 33.4 Å². The predicted molar refractivity (Wildman–Crippen MR) is 68.3 cm³/mol. The Labute approximate surface area is 105 Å². The van der Waals surface area contributed by atoms with Gasteiger partial charge in [0.25, 0.3) is 0 Å². The summed E-state index contributed by atoms with van der Waals surface area (Å²) < 4.78 is 6.68. The van der Waals surface area contributed by atoms with Crippen LogP contribution in [0.15, 0.2) is 28.7 Å². The summed E-state index contributed by atoms with van der Waals surface area (Å²) in [5, 5.41) is 0. The molecule has 1 saturated heterocycles. The summed E-state index contributed by atoms with van der Waals surface area (Å²) in [6.07, 6.45) is 0. The number of halogens is 1. The van der Waals surface area contributed by atoms with E-state index in [1.807, 2.05) is 12.1 Å². The Morgan fingerprint density at radius 1 is 1.56 bits per heavy atom. The molecule has 1 aromatic rings. The lowest BCUT2D eigenvalue weighted by Gasteiger charge is -2.44. The maximum Gasteiger partial charge on any atom is 0.0819 e. The molecule has 4 heteroatoms. The number of ether oxygens (including phenoxy) is 1. The van der Waals surface area contributed by atoms with E-state index in [0.717, 1.165) is 17.6 Å². The number of hydrogen-bond acceptors (Lipinski definition) is 3. The molecular weight excluding hydrogens is 268 g/mol. The van der Waals surface area contributed by atoms with E-state index in [9.17, 15) is 0 Å². The molecule has 1 aromatic carbocycles. The van der Waals surface area contributed by atoms with E-state index in [4.69, 9.17) is 10.5 Å². The lowest BCUT2D eigenvalue weighted by molar-refractivity contribution is -0.0549. The zero-order chi connectivity index (χ0) is 11.6. The van der Waals surface area contributed by atoms with E-state index in [-0.39, 0.29) is 5.54 Å². The van der Waals surface area contributed by atoms with Crippen LogP contribution in [0, 0.1) is 0 Å². The van der Waals surface area contributed by atoms with Gasteiger partial charge in [-0.15, -0.1) is 0 Å². The minimum Gasteiger partial charge on any atom is -0.378 e. The Hall–Kier alpha value is -0.420. The summed E-state index contributed by atoms with van der Waals surface area (Å²) in [6.45, 7) is 2.94. The summed E-state index contributed by atoms with van der Waals surface area (Å²) in [7, 11) is 2.11. The van der Waals surface area contributed by atoms with Gasteiger partial charge in [-0.05, 0) is 24.7 Å². The molecule has 2 N–H and O–H groups in total. The zero-order valence-electron chi connectivity index (χ0n) is 9.45. The molecule has 0 aliphatic carbocycles. The normalized spacial score (nSPS) is 26.9. The van der Waals surface area contributed by atoms with Gasteiger partial charge in [-0.3, -0.25) is 4.90 Å². The van der Waals surface area contributed by atoms with Crippen LogP contribution in [0.2, 0.25) is 0 Å². The zero-order valence-corrected chi connectivity index (χ0v) is 11.0. The van der Waals surface area contributed by atoms with Crippen molar-refractivity contribution in [3.63, 3.8) is 0 Å². The fourth-order valence-corrected chi connectivity index (χ4v) is 2.58. The molecule has 1 fully saturated rings. The van der Waals surface area contributed by atoms with Crippen LogP contribution < -0.4 is 5.73 Å². The maximum absolute atomic E-state index is 5.97. The first-order valence-electron chi connectivity index (χ1n) is 5.44. The van der Waals surface area contributed by atoms with Crippen LogP contribution in [-0.2, 0) is 10.3 Å². The van der Waals surface area contributed by atoms with Crippen molar-refractivity contribution in [2.45, 2.75) is 5.54 Å². The SMILES string of the molecule is CN1CCOCC1(CN)c1cccc(Br)c1. The number of benzene rings is 1. The van der Waals surface area contributed by atoms with Crippen molar-refractivity contribution in [3.8, 4) is 0 Å². The molecule has 0 radical (unpaired) electrons. The molecule has 1 aliphatic heterocycles. The number of rotatable bonds is 2. The van der Waals surface area contributed by atoms with E-state index in [1.165, 1.54) is 5.56 Å². The van der Waals surface area contributed by atoms with Crippen LogP contribution in [0.25, 0.3) is 0 Å². The van der Waals surface area contributed by atoms with Crippen molar-refractivity contribution in [2.24, 2.45) is 5.73 Å². The highest BCUT2D eigenvalue weighted by Gasteiger charge is 2.38. The van der Waals surface area contributed by atoms with E-state index < -0.39 is 0 Å². The molecule has 16 heavy (non-hydrogen) atoms. The summed E-state index contributed by atoms with van der Waals surface area (Å²) in [5.41, 5.74) is 7.01. The van der Waals surface area contributed by atoms with Crippen molar-refractivity contribution < 1.29 is 4.74 Å². The summed E-state index contributed by atoms with van der Waals surface area (Å²) in [6, 6.07) is 8.30. The Morgan fingerprint density at radius 3 is 3.00 bits per heavy atom. The number of morpholine rings is 1. The predicted octanol–water partition coefficient (Wildman–Crippen LogP) is 1.57. The summed E-state index contributed by atoms with van der Waals surface area (Å²) in [4.78, 5) is 2.29. The first-order chi connectivity index (χ1) is 7.69. The highest BCUT2D eigenvalue weighted by Crippen LogP contribution is 2.30. The first-order valence-corrected chi connectivity index (χ1v) is 6.23. The molecule has 0 aromatic heterocycles. The van der Waals surface area contributed by atoms with Crippen LogP contribution in [0.4, 0.5) is 0 Å². The monoisotopic (exact) mass is 284 g/mol. The van der Waals surface area contributed by atoms with E-state index in [2.05, 4.69) is 40.0 Å². The number of hydrogen-bond donors (Lipinski definition) is 1. The van der Waals surface area contributed by atoms with E-state index >= 15 is 0 Å². The van der Waals surface area contributed by atoms with E-state index in [0.29, 0.717) is 13.2 Å². The third-order valence-corrected chi connectivity index (χ3v) is 3.84. The lowest BCUT2D eigenvalue weighted by atomic mass is 9.88. The second-order valence-corrected chi connectivity index (χ2v) is 5.14. The minimum atomic E-state index is -0.179. The Balaban J connectivity index is 2.40. The Bertz CT molecular complexity index is 372. The van der Waals surface area contributed by atoms with Crippen molar-refractivity contribution in [1.29, 1.82) is 0 Å². The third kappa shape index (κ3) is 2.02.